The van der Waals surface area contributed by atoms with Crippen LogP contribution >= 0.6 is 11.6 Å². The third-order valence-electron chi connectivity index (χ3n) is 2.47. The molecule has 0 saturated carbocycles. The summed E-state index contributed by atoms with van der Waals surface area (Å²) in [5.41, 5.74) is 6.04. The number of carbonyl (C=O) groups is 1. The molecule has 1 amide bonds. The van der Waals surface area contributed by atoms with Crippen LogP contribution in [0.2, 0.25) is 5.02 Å². The number of amides is 1. The fourth-order valence-corrected chi connectivity index (χ4v) is 1.76. The molecule has 0 spiro atoms. The van der Waals surface area contributed by atoms with E-state index < -0.39 is 0 Å². The van der Waals surface area contributed by atoms with E-state index in [9.17, 15) is 4.79 Å². The first kappa shape index (κ1) is 13.1. The van der Waals surface area contributed by atoms with Crippen molar-refractivity contribution in [2.75, 3.05) is 20.1 Å². The van der Waals surface area contributed by atoms with Crippen molar-refractivity contribution in [3.8, 4) is 0 Å². The Balaban J connectivity index is 2.78. The first-order chi connectivity index (χ1) is 7.60. The Bertz CT molecular complexity index is 362. The molecule has 1 rings (SSSR count). The largest absolute Gasteiger partial charge is 0.342 e. The number of halogens is 1. The predicted octanol–water partition coefficient (Wildman–Crippen LogP) is 1.58. The second kappa shape index (κ2) is 5.92. The van der Waals surface area contributed by atoms with Crippen LogP contribution < -0.4 is 5.73 Å². The van der Waals surface area contributed by atoms with E-state index in [1.807, 2.05) is 11.5 Å². The Morgan fingerprint density at radius 3 is 2.88 bits per heavy atom. The lowest BCUT2D eigenvalue weighted by Gasteiger charge is -2.17. The monoisotopic (exact) mass is 243 g/mol. The first-order valence-electron chi connectivity index (χ1n) is 5.41. The maximum atomic E-state index is 12.0. The molecule has 2 N–H and O–H groups in total. The van der Waals surface area contributed by atoms with Crippen molar-refractivity contribution < 1.29 is 4.79 Å². The van der Waals surface area contributed by atoms with E-state index in [1.165, 1.54) is 0 Å². The van der Waals surface area contributed by atoms with Gasteiger partial charge in [0.05, 0.1) is 5.02 Å². The van der Waals surface area contributed by atoms with Gasteiger partial charge in [0.25, 0.3) is 5.91 Å². The van der Waals surface area contributed by atoms with Gasteiger partial charge in [-0.05, 0) is 26.0 Å². The second-order valence-electron chi connectivity index (χ2n) is 3.70. The maximum absolute atomic E-state index is 12.0. The summed E-state index contributed by atoms with van der Waals surface area (Å²) in [5, 5.41) is 0.595. The van der Waals surface area contributed by atoms with E-state index in [2.05, 4.69) is 0 Å². The van der Waals surface area contributed by atoms with Crippen LogP contribution in [0.1, 0.15) is 23.8 Å². The summed E-state index contributed by atoms with van der Waals surface area (Å²) < 4.78 is 1.85. The number of hydrogen-bond donors (Lipinski definition) is 1. The minimum atomic E-state index is -0.0119. The van der Waals surface area contributed by atoms with Crippen molar-refractivity contribution in [1.82, 2.24) is 9.47 Å². The SMILES string of the molecule is CCn1cc(Cl)cc1C(=O)N(C)CCCN. The molecular weight excluding hydrogens is 226 g/mol. The molecular formula is C11H18ClN3O. The number of nitrogens with zero attached hydrogens (tertiary/aromatic N) is 2. The number of hydrogen-bond acceptors (Lipinski definition) is 2. The molecule has 1 aromatic heterocycles. The van der Waals surface area contributed by atoms with Gasteiger partial charge < -0.3 is 15.2 Å². The van der Waals surface area contributed by atoms with E-state index in [0.29, 0.717) is 23.8 Å². The summed E-state index contributed by atoms with van der Waals surface area (Å²) >= 11 is 5.89. The van der Waals surface area contributed by atoms with Gasteiger partial charge >= 0.3 is 0 Å². The Morgan fingerprint density at radius 1 is 1.62 bits per heavy atom. The predicted molar refractivity (Wildman–Crippen MR) is 65.7 cm³/mol. The molecule has 0 aliphatic rings. The van der Waals surface area contributed by atoms with Crippen LogP contribution in [0, 0.1) is 0 Å². The Morgan fingerprint density at radius 2 is 2.31 bits per heavy atom. The Kier molecular flexibility index (Phi) is 4.83. The van der Waals surface area contributed by atoms with Crippen LogP contribution in [0.5, 0.6) is 0 Å². The van der Waals surface area contributed by atoms with E-state index in [1.54, 1.807) is 24.2 Å². The molecule has 0 aliphatic carbocycles. The fraction of sp³-hybridized carbons (Fsp3) is 0.545. The lowest BCUT2D eigenvalue weighted by Crippen LogP contribution is -2.30. The van der Waals surface area contributed by atoms with Crippen molar-refractivity contribution in [2.24, 2.45) is 5.73 Å². The smallest absolute Gasteiger partial charge is 0.270 e. The molecule has 5 heteroatoms. The van der Waals surface area contributed by atoms with E-state index in [-0.39, 0.29) is 5.91 Å². The quantitative estimate of drug-likeness (QED) is 0.854. The molecule has 1 aromatic rings. The van der Waals surface area contributed by atoms with E-state index in [4.69, 9.17) is 17.3 Å². The topological polar surface area (TPSA) is 51.3 Å². The Labute approximate surface area is 101 Å². The third kappa shape index (κ3) is 3.00. The number of carbonyl (C=O) groups excluding carboxylic acids is 1. The van der Waals surface area contributed by atoms with Crippen LogP contribution in [0.25, 0.3) is 0 Å². The van der Waals surface area contributed by atoms with Gasteiger partial charge in [-0.1, -0.05) is 11.6 Å². The van der Waals surface area contributed by atoms with Crippen LogP contribution in [0.15, 0.2) is 12.3 Å². The molecule has 0 radical (unpaired) electrons. The minimum Gasteiger partial charge on any atom is -0.342 e. The molecule has 0 aromatic carbocycles. The van der Waals surface area contributed by atoms with Crippen LogP contribution in [0.4, 0.5) is 0 Å². The highest BCUT2D eigenvalue weighted by atomic mass is 35.5. The van der Waals surface area contributed by atoms with Crippen LogP contribution in [-0.2, 0) is 6.54 Å². The average Bonchev–Trinajstić information content (AvgIpc) is 2.66. The highest BCUT2D eigenvalue weighted by molar-refractivity contribution is 6.31. The minimum absolute atomic E-state index is 0.0119. The van der Waals surface area contributed by atoms with E-state index in [0.717, 1.165) is 13.0 Å². The summed E-state index contributed by atoms with van der Waals surface area (Å²) in [6.45, 7) is 3.97. The Hall–Kier alpha value is -1.00. The van der Waals surface area contributed by atoms with Gasteiger partial charge in [-0.3, -0.25) is 4.79 Å². The van der Waals surface area contributed by atoms with Gasteiger partial charge in [0.2, 0.25) is 0 Å². The van der Waals surface area contributed by atoms with Gasteiger partial charge in [0.1, 0.15) is 5.69 Å². The molecule has 90 valence electrons. The van der Waals surface area contributed by atoms with Crippen molar-refractivity contribution in [2.45, 2.75) is 19.9 Å². The molecule has 1 heterocycles. The normalized spacial score (nSPS) is 10.5. The molecule has 0 saturated heterocycles. The van der Waals surface area contributed by atoms with Crippen molar-refractivity contribution in [3.05, 3.63) is 23.0 Å². The molecule has 0 unspecified atom stereocenters. The summed E-state index contributed by atoms with van der Waals surface area (Å²) in [5.74, 6) is -0.0119. The molecule has 4 nitrogen and oxygen atoms in total. The molecule has 0 bridgehead atoms. The van der Waals surface area contributed by atoms with Gasteiger partial charge in [0, 0.05) is 26.3 Å². The molecule has 0 aliphatic heterocycles. The summed E-state index contributed by atoms with van der Waals surface area (Å²) in [7, 11) is 1.78. The highest BCUT2D eigenvalue weighted by Gasteiger charge is 2.16. The fourth-order valence-electron chi connectivity index (χ4n) is 1.54. The average molecular weight is 244 g/mol. The number of nitrogens with two attached hydrogens (primary N) is 1. The number of aromatic nitrogens is 1. The highest BCUT2D eigenvalue weighted by Crippen LogP contribution is 2.15. The van der Waals surface area contributed by atoms with Crippen LogP contribution in [0.3, 0.4) is 0 Å². The third-order valence-corrected chi connectivity index (χ3v) is 2.67. The summed E-state index contributed by atoms with van der Waals surface area (Å²) in [6, 6.07) is 1.70. The maximum Gasteiger partial charge on any atom is 0.270 e. The standard InChI is InChI=1S/C11H18ClN3O/c1-3-15-8-9(12)7-10(15)11(16)14(2)6-4-5-13/h7-8H,3-6,13H2,1-2H3. The zero-order chi connectivity index (χ0) is 12.1. The van der Waals surface area contributed by atoms with Crippen LogP contribution in [-0.4, -0.2) is 35.5 Å². The zero-order valence-electron chi connectivity index (χ0n) is 9.74. The first-order valence-corrected chi connectivity index (χ1v) is 5.79. The zero-order valence-corrected chi connectivity index (χ0v) is 10.5. The lowest BCUT2D eigenvalue weighted by molar-refractivity contribution is 0.0784. The van der Waals surface area contributed by atoms with Crippen molar-refractivity contribution in [1.29, 1.82) is 0 Å². The number of rotatable bonds is 5. The van der Waals surface area contributed by atoms with E-state index >= 15 is 0 Å². The molecule has 0 fully saturated rings. The second-order valence-corrected chi connectivity index (χ2v) is 4.13. The van der Waals surface area contributed by atoms with Gasteiger partial charge in [-0.25, -0.2) is 0 Å². The van der Waals surface area contributed by atoms with Gasteiger partial charge in [0.15, 0.2) is 0 Å². The molecule has 0 atom stereocenters. The lowest BCUT2D eigenvalue weighted by atomic mass is 10.3. The summed E-state index contributed by atoms with van der Waals surface area (Å²) in [4.78, 5) is 13.7. The van der Waals surface area contributed by atoms with Gasteiger partial charge in [-0.15, -0.1) is 0 Å². The summed E-state index contributed by atoms with van der Waals surface area (Å²) in [6.07, 6.45) is 2.58. The number of aryl methyl sites for hydroxylation is 1. The van der Waals surface area contributed by atoms with Crippen molar-refractivity contribution >= 4 is 17.5 Å². The molecule has 16 heavy (non-hydrogen) atoms. The van der Waals surface area contributed by atoms with Gasteiger partial charge in [-0.2, -0.15) is 0 Å². The van der Waals surface area contributed by atoms with Crippen molar-refractivity contribution in [3.63, 3.8) is 0 Å².